The summed E-state index contributed by atoms with van der Waals surface area (Å²) in [6, 6.07) is 6.63. The first-order chi connectivity index (χ1) is 13.4. The summed E-state index contributed by atoms with van der Waals surface area (Å²) in [5.74, 6) is -0.142. The average Bonchev–Trinajstić information content (AvgIpc) is 2.89. The van der Waals surface area contributed by atoms with Crippen LogP contribution in [-0.4, -0.2) is 33.5 Å². The minimum absolute atomic E-state index is 0.0106. The normalized spacial score (nSPS) is 24.4. The van der Waals surface area contributed by atoms with Gasteiger partial charge in [0.2, 0.25) is 0 Å². The lowest BCUT2D eigenvalue weighted by Gasteiger charge is -2.24. The fourth-order valence-electron chi connectivity index (χ4n) is 4.57. The summed E-state index contributed by atoms with van der Waals surface area (Å²) in [6.07, 6.45) is 7.91. The summed E-state index contributed by atoms with van der Waals surface area (Å²) < 4.78 is 13.2. The van der Waals surface area contributed by atoms with Crippen molar-refractivity contribution in [3.8, 4) is 0 Å². The van der Waals surface area contributed by atoms with E-state index >= 15 is 0 Å². The maximum Gasteiger partial charge on any atom is 0.305 e. The average molecular weight is 388 g/mol. The van der Waals surface area contributed by atoms with Gasteiger partial charge in [-0.1, -0.05) is 29.9 Å². The molecule has 1 saturated carbocycles. The molecule has 0 aliphatic heterocycles. The number of carboxylic acids is 1. The monoisotopic (exact) mass is 388 g/mol. The summed E-state index contributed by atoms with van der Waals surface area (Å²) in [4.78, 5) is 10.7. The Bertz CT molecular complexity index is 729. The molecule has 2 atom stereocenters. The molecule has 1 fully saturated rings. The molecule has 1 aromatic rings. The van der Waals surface area contributed by atoms with Gasteiger partial charge in [-0.2, -0.15) is 0 Å². The first-order valence-electron chi connectivity index (χ1n) is 10.1. The molecular weight excluding hydrogens is 359 g/mol. The molecule has 3 aliphatic carbocycles. The van der Waals surface area contributed by atoms with Gasteiger partial charge in [0.1, 0.15) is 5.82 Å². The molecule has 0 heterocycles. The van der Waals surface area contributed by atoms with Crippen molar-refractivity contribution in [2.24, 2.45) is 11.8 Å². The van der Waals surface area contributed by atoms with Crippen LogP contribution in [0.5, 0.6) is 0 Å². The number of benzene rings is 1. The summed E-state index contributed by atoms with van der Waals surface area (Å²) in [7, 11) is 0. The van der Waals surface area contributed by atoms with Gasteiger partial charge < -0.3 is 15.3 Å². The molecule has 0 aromatic heterocycles. The van der Waals surface area contributed by atoms with Crippen LogP contribution < -0.4 is 0 Å². The molecule has 0 amide bonds. The van der Waals surface area contributed by atoms with Crippen LogP contribution >= 0.6 is 0 Å². The van der Waals surface area contributed by atoms with E-state index in [-0.39, 0.29) is 18.7 Å². The van der Waals surface area contributed by atoms with Crippen molar-refractivity contribution >= 4 is 5.97 Å². The van der Waals surface area contributed by atoms with E-state index in [9.17, 15) is 19.4 Å². The second-order valence-electron chi connectivity index (χ2n) is 8.20. The number of aliphatic hydroxyl groups excluding tert-OH is 2. The first kappa shape index (κ1) is 20.7. The van der Waals surface area contributed by atoms with Gasteiger partial charge in [-0.15, -0.1) is 0 Å². The fourth-order valence-corrected chi connectivity index (χ4v) is 4.57. The number of aliphatic carboxylic acids is 1. The molecule has 3 N–H and O–H groups in total. The highest BCUT2D eigenvalue weighted by atomic mass is 19.1. The molecular formula is C23H29FO4. The van der Waals surface area contributed by atoms with Crippen LogP contribution in [-0.2, 0) is 11.2 Å². The van der Waals surface area contributed by atoms with Crippen LogP contribution in [0.3, 0.4) is 0 Å². The number of allylic oxidation sites excluding steroid dienone is 3. The molecule has 28 heavy (non-hydrogen) atoms. The van der Waals surface area contributed by atoms with Crippen molar-refractivity contribution in [1.29, 1.82) is 0 Å². The number of aliphatic hydroxyl groups is 2. The number of halogens is 1. The Hall–Kier alpha value is -1.98. The molecule has 5 heteroatoms. The number of hydrogen-bond donors (Lipinski definition) is 3. The smallest absolute Gasteiger partial charge is 0.305 e. The molecule has 4 nitrogen and oxygen atoms in total. The largest absolute Gasteiger partial charge is 0.481 e. The number of carbonyl (C=O) groups is 1. The molecule has 1 aromatic carbocycles. The van der Waals surface area contributed by atoms with E-state index in [2.05, 4.69) is 0 Å². The van der Waals surface area contributed by atoms with Crippen molar-refractivity contribution in [2.75, 3.05) is 0 Å². The van der Waals surface area contributed by atoms with E-state index in [0.29, 0.717) is 11.8 Å². The van der Waals surface area contributed by atoms with Gasteiger partial charge in [0, 0.05) is 6.42 Å². The van der Waals surface area contributed by atoms with E-state index in [1.165, 1.54) is 36.1 Å². The molecule has 0 radical (unpaired) electrons. The summed E-state index contributed by atoms with van der Waals surface area (Å²) in [6.45, 7) is 0. The van der Waals surface area contributed by atoms with Crippen molar-refractivity contribution in [2.45, 2.75) is 63.6 Å². The van der Waals surface area contributed by atoms with Crippen LogP contribution in [0.15, 0.2) is 47.6 Å². The molecule has 152 valence electrons. The lowest BCUT2D eigenvalue weighted by atomic mass is 9.81. The lowest BCUT2D eigenvalue weighted by molar-refractivity contribution is -0.139. The molecule has 0 saturated heterocycles. The second-order valence-corrected chi connectivity index (χ2v) is 8.20. The Labute approximate surface area is 165 Å². The lowest BCUT2D eigenvalue weighted by Crippen LogP contribution is -2.19. The quantitative estimate of drug-likeness (QED) is 0.629. The standard InChI is InChI=1S/C23H29FO4/c24-19-7-3-16(4-8-19)12-18-11-15-1-5-17(6-2-15)22(18)10-9-20(25)13-21(26)14-23(27)28/h3-4,7-10,15,17,20-21,25-26H,1-2,5-6,11-14H2,(H,27,28)/b10-9+. The highest BCUT2D eigenvalue weighted by molar-refractivity contribution is 5.67. The first-order valence-corrected chi connectivity index (χ1v) is 10.1. The van der Waals surface area contributed by atoms with E-state index < -0.39 is 18.2 Å². The number of carboxylic acid groups (broad SMARTS) is 1. The van der Waals surface area contributed by atoms with Crippen molar-refractivity contribution in [1.82, 2.24) is 0 Å². The highest BCUT2D eigenvalue weighted by Crippen LogP contribution is 2.43. The third-order valence-electron chi connectivity index (χ3n) is 5.98. The van der Waals surface area contributed by atoms with Gasteiger partial charge in [-0.25, -0.2) is 4.39 Å². The van der Waals surface area contributed by atoms with Gasteiger partial charge in [0.05, 0.1) is 18.6 Å². The van der Waals surface area contributed by atoms with Gasteiger partial charge in [-0.05, 0) is 73.6 Å². The Morgan fingerprint density at radius 1 is 1.14 bits per heavy atom. The van der Waals surface area contributed by atoms with Crippen molar-refractivity contribution in [3.63, 3.8) is 0 Å². The van der Waals surface area contributed by atoms with Crippen LogP contribution in [0.25, 0.3) is 0 Å². The van der Waals surface area contributed by atoms with Crippen molar-refractivity contribution < 1.29 is 24.5 Å². The minimum atomic E-state index is -1.08. The topological polar surface area (TPSA) is 77.8 Å². The fraction of sp³-hybridized carbons (Fsp3) is 0.522. The van der Waals surface area contributed by atoms with Crippen LogP contribution in [0.4, 0.5) is 4.39 Å². The van der Waals surface area contributed by atoms with E-state index in [0.717, 1.165) is 31.2 Å². The Morgan fingerprint density at radius 3 is 2.46 bits per heavy atom. The van der Waals surface area contributed by atoms with E-state index in [1.54, 1.807) is 6.08 Å². The Morgan fingerprint density at radius 2 is 1.82 bits per heavy atom. The third kappa shape index (κ3) is 5.76. The second kappa shape index (κ2) is 9.48. The predicted molar refractivity (Wildman–Crippen MR) is 105 cm³/mol. The van der Waals surface area contributed by atoms with Crippen LogP contribution in [0, 0.1) is 17.7 Å². The molecule has 0 spiro atoms. The van der Waals surface area contributed by atoms with Crippen LogP contribution in [0.2, 0.25) is 0 Å². The van der Waals surface area contributed by atoms with Gasteiger partial charge in [-0.3, -0.25) is 4.79 Å². The number of rotatable bonds is 8. The van der Waals surface area contributed by atoms with Gasteiger partial charge in [0.15, 0.2) is 0 Å². The third-order valence-corrected chi connectivity index (χ3v) is 5.98. The highest BCUT2D eigenvalue weighted by Gasteiger charge is 2.30. The summed E-state index contributed by atoms with van der Waals surface area (Å²) >= 11 is 0. The molecule has 2 unspecified atom stereocenters. The van der Waals surface area contributed by atoms with E-state index in [4.69, 9.17) is 5.11 Å². The van der Waals surface area contributed by atoms with Crippen LogP contribution in [0.1, 0.15) is 50.5 Å². The maximum atomic E-state index is 13.2. The number of fused-ring (bicyclic) bond motifs is 3. The van der Waals surface area contributed by atoms with E-state index in [1.807, 2.05) is 18.2 Å². The molecule has 2 bridgehead atoms. The number of hydrogen-bond acceptors (Lipinski definition) is 3. The zero-order valence-corrected chi connectivity index (χ0v) is 16.1. The molecule has 4 rings (SSSR count). The predicted octanol–water partition coefficient (Wildman–Crippen LogP) is 4.02. The minimum Gasteiger partial charge on any atom is -0.481 e. The summed E-state index contributed by atoms with van der Waals surface area (Å²) in [5, 5.41) is 28.7. The Balaban J connectivity index is 1.76. The zero-order chi connectivity index (χ0) is 20.1. The van der Waals surface area contributed by atoms with Crippen molar-refractivity contribution in [3.05, 3.63) is 58.9 Å². The maximum absolute atomic E-state index is 13.2. The van der Waals surface area contributed by atoms with Gasteiger partial charge in [0.25, 0.3) is 0 Å². The molecule has 3 aliphatic rings. The SMILES string of the molecule is O=C(O)CC(O)CC(O)/C=C/C1=C(Cc2ccc(F)cc2)CC2CCC1CC2. The Kier molecular flexibility index (Phi) is 7.03. The zero-order valence-electron chi connectivity index (χ0n) is 16.1. The van der Waals surface area contributed by atoms with Gasteiger partial charge >= 0.3 is 5.97 Å². The summed E-state index contributed by atoms with van der Waals surface area (Å²) in [5.41, 5.74) is 3.70.